The van der Waals surface area contributed by atoms with E-state index in [0.29, 0.717) is 42.0 Å². The second-order valence-corrected chi connectivity index (χ2v) is 17.2. The average Bonchev–Trinajstić information content (AvgIpc) is 3.75. The molecule has 5 aromatic rings. The first-order valence-corrected chi connectivity index (χ1v) is 21.0. The van der Waals surface area contributed by atoms with Gasteiger partial charge < -0.3 is 20.1 Å². The molecule has 2 aliphatic heterocycles. The maximum absolute atomic E-state index is 13.3. The molecule has 1 atom stereocenters. The number of imidazole rings is 1. The topological polar surface area (TPSA) is 166 Å². The molecule has 5 heterocycles. The van der Waals surface area contributed by atoms with Crippen LogP contribution in [0.1, 0.15) is 105 Å². The summed E-state index contributed by atoms with van der Waals surface area (Å²) < 4.78 is 51.2. The maximum Gasteiger partial charge on any atom is 0.433 e. The molecule has 3 N–H and O–H groups in total. The number of aryl methyl sites for hydroxylation is 1. The number of nitrogens with zero attached hydrogens (tertiary/aromatic N) is 6. The third kappa shape index (κ3) is 9.00. The van der Waals surface area contributed by atoms with Crippen molar-refractivity contribution in [2.45, 2.75) is 102 Å². The molecule has 1 aliphatic carbocycles. The van der Waals surface area contributed by atoms with Gasteiger partial charge in [0.1, 0.15) is 17.4 Å². The minimum atomic E-state index is -4.70. The van der Waals surface area contributed by atoms with Crippen LogP contribution in [0.15, 0.2) is 59.5 Å². The Bertz CT molecular complexity index is 2520. The molecule has 1 saturated carbocycles. The van der Waals surface area contributed by atoms with Crippen molar-refractivity contribution in [1.29, 1.82) is 0 Å². The number of amides is 3. The van der Waals surface area contributed by atoms with Crippen molar-refractivity contribution in [3.63, 3.8) is 0 Å². The lowest BCUT2D eigenvalue weighted by atomic mass is 9.85. The van der Waals surface area contributed by atoms with Crippen LogP contribution in [0.2, 0.25) is 0 Å². The number of carbonyl (C=O) groups excluding carboxylic acids is 3. The number of imide groups is 1. The van der Waals surface area contributed by atoms with Crippen LogP contribution in [0.4, 0.5) is 18.9 Å². The lowest BCUT2D eigenvalue weighted by Crippen LogP contribution is -2.44. The van der Waals surface area contributed by atoms with Crippen LogP contribution < -0.4 is 16.3 Å². The molecular formula is C44H51F3N8O6. The van der Waals surface area contributed by atoms with E-state index in [1.165, 1.54) is 10.6 Å². The molecule has 2 aromatic carbocycles. The molecule has 0 radical (unpaired) electrons. The van der Waals surface area contributed by atoms with Crippen molar-refractivity contribution >= 4 is 45.3 Å². The zero-order valence-corrected chi connectivity index (χ0v) is 34.5. The monoisotopic (exact) mass is 844 g/mol. The first-order chi connectivity index (χ1) is 29.0. The number of halogens is 3. The van der Waals surface area contributed by atoms with Gasteiger partial charge in [-0.3, -0.25) is 33.5 Å². The molecule has 324 valence electrons. The molecule has 3 fully saturated rings. The highest BCUT2D eigenvalue weighted by atomic mass is 19.4. The predicted molar refractivity (Wildman–Crippen MR) is 221 cm³/mol. The highest BCUT2D eigenvalue weighted by Crippen LogP contribution is 2.37. The van der Waals surface area contributed by atoms with E-state index < -0.39 is 35.3 Å². The smallest absolute Gasteiger partial charge is 0.386 e. The number of likely N-dealkylation sites (tertiary alicyclic amines) is 1. The number of hydrogen-bond donors (Lipinski definition) is 3. The molecule has 3 amide bonds. The summed E-state index contributed by atoms with van der Waals surface area (Å²) in [4.78, 5) is 56.7. The van der Waals surface area contributed by atoms with E-state index in [0.717, 1.165) is 86.8 Å². The molecule has 0 bridgehead atoms. The summed E-state index contributed by atoms with van der Waals surface area (Å²) in [7, 11) is 1.71. The Kier molecular flexibility index (Phi) is 11.7. The molecule has 1 unspecified atom stereocenters. The van der Waals surface area contributed by atoms with Gasteiger partial charge in [0.2, 0.25) is 11.8 Å². The van der Waals surface area contributed by atoms with E-state index in [-0.39, 0.29) is 41.5 Å². The van der Waals surface area contributed by atoms with Crippen molar-refractivity contribution in [3.8, 4) is 0 Å². The van der Waals surface area contributed by atoms with E-state index in [9.17, 15) is 37.5 Å². The molecule has 8 rings (SSSR count). The molecule has 17 heteroatoms. The van der Waals surface area contributed by atoms with Crippen molar-refractivity contribution < 1.29 is 37.4 Å². The van der Waals surface area contributed by atoms with Crippen molar-refractivity contribution in [1.82, 2.24) is 34.1 Å². The van der Waals surface area contributed by atoms with Crippen molar-refractivity contribution in [3.05, 3.63) is 87.7 Å². The second-order valence-electron chi connectivity index (χ2n) is 17.2. The number of hydrogen-bond acceptors (Lipinski definition) is 9. The number of aromatic nitrogens is 5. The number of benzene rings is 2. The summed E-state index contributed by atoms with van der Waals surface area (Å²) in [6.07, 6.45) is 4.39. The summed E-state index contributed by atoms with van der Waals surface area (Å²) in [5.74, 6) is -1.03. The lowest BCUT2D eigenvalue weighted by Gasteiger charge is -2.36. The van der Waals surface area contributed by atoms with Gasteiger partial charge in [0.15, 0.2) is 0 Å². The highest BCUT2D eigenvalue weighted by molar-refractivity contribution is 6.04. The molecule has 2 saturated heterocycles. The van der Waals surface area contributed by atoms with Crippen molar-refractivity contribution in [2.24, 2.45) is 13.0 Å². The summed E-state index contributed by atoms with van der Waals surface area (Å²) in [5.41, 5.74) is 0.509. The Morgan fingerprint density at radius 2 is 1.72 bits per heavy atom. The Morgan fingerprint density at radius 3 is 2.43 bits per heavy atom. The van der Waals surface area contributed by atoms with Gasteiger partial charge in [-0.25, -0.2) is 9.78 Å². The first-order valence-electron chi connectivity index (χ1n) is 21.0. The number of aliphatic hydroxyl groups is 1. The molecule has 3 aliphatic rings. The van der Waals surface area contributed by atoms with Gasteiger partial charge in [0.25, 0.3) is 5.91 Å². The highest BCUT2D eigenvalue weighted by Gasteiger charge is 2.34. The zero-order chi connectivity index (χ0) is 43.2. The van der Waals surface area contributed by atoms with Crippen LogP contribution in [0.3, 0.4) is 0 Å². The normalized spacial score (nSPS) is 21.0. The minimum Gasteiger partial charge on any atom is -0.386 e. The maximum atomic E-state index is 13.3. The summed E-state index contributed by atoms with van der Waals surface area (Å²) >= 11 is 0. The number of fused-ring (bicyclic) bond motifs is 2. The number of pyridine rings is 1. The number of carbonyl (C=O) groups is 3. The van der Waals surface area contributed by atoms with Gasteiger partial charge >= 0.3 is 11.9 Å². The van der Waals surface area contributed by atoms with E-state index in [2.05, 4.69) is 20.5 Å². The van der Waals surface area contributed by atoms with Crippen LogP contribution >= 0.6 is 0 Å². The number of para-hydroxylation sites is 1. The SMILES string of the molecule is Cn1c(=O)n(C2CCC(=O)NC2=O)c2cccc(CCOC3CCN(C[C@H]4CC[C@H](n5cc6cc(NC(=O)c7cccc(C(F)(F)F)n7)c(C(C)(C)O)cc6n5)CC4)CC3)c21. The molecule has 14 nitrogen and oxygen atoms in total. The number of rotatable bonds is 11. The zero-order valence-electron chi connectivity index (χ0n) is 34.5. The number of piperidine rings is 2. The Hall–Kier alpha value is -5.39. The van der Waals surface area contributed by atoms with Gasteiger partial charge in [0.05, 0.1) is 40.9 Å². The largest absolute Gasteiger partial charge is 0.433 e. The van der Waals surface area contributed by atoms with Crippen molar-refractivity contribution in [2.75, 3.05) is 31.6 Å². The minimum absolute atomic E-state index is 0.153. The fraction of sp³-hybridized carbons (Fsp3) is 0.500. The van der Waals surface area contributed by atoms with Gasteiger partial charge in [0, 0.05) is 55.9 Å². The van der Waals surface area contributed by atoms with E-state index in [1.807, 2.05) is 29.1 Å². The predicted octanol–water partition coefficient (Wildman–Crippen LogP) is 6.02. The summed E-state index contributed by atoms with van der Waals surface area (Å²) in [5, 5.41) is 21.6. The van der Waals surface area contributed by atoms with E-state index in [1.54, 1.807) is 37.6 Å². The fourth-order valence-corrected chi connectivity index (χ4v) is 9.30. The number of anilines is 1. The van der Waals surface area contributed by atoms with Crippen LogP contribution in [0.5, 0.6) is 0 Å². The molecule has 61 heavy (non-hydrogen) atoms. The third-order valence-corrected chi connectivity index (χ3v) is 12.5. The van der Waals surface area contributed by atoms with Gasteiger partial charge in [-0.05, 0) is 107 Å². The standard InChI is InChI=1S/C44H51F3N8O6/c1-43(2,60)31-23-33-28(22-34(31)49-40(57)32-7-5-9-37(48-32)44(45,46)47)25-54(51-33)29-12-10-26(11-13-29)24-53-19-16-30(17-20-53)61-21-18-27-6-4-8-35-39(27)52(3)42(59)55(35)36-14-15-38(56)50-41(36)58/h4-9,22-23,25-26,29-30,36,60H,10-21,24H2,1-3H3,(H,49,57)(H,50,56,58)/t26-,29-,36?. The van der Waals surface area contributed by atoms with Crippen LogP contribution in [0, 0.1) is 5.92 Å². The molecule has 0 spiro atoms. The summed E-state index contributed by atoms with van der Waals surface area (Å²) in [6, 6.07) is 11.8. The fourth-order valence-electron chi connectivity index (χ4n) is 9.30. The number of nitrogens with one attached hydrogen (secondary N) is 2. The molecule has 3 aromatic heterocycles. The van der Waals surface area contributed by atoms with E-state index >= 15 is 0 Å². The lowest BCUT2D eigenvalue weighted by molar-refractivity contribution is -0.141. The van der Waals surface area contributed by atoms with Crippen LogP contribution in [-0.2, 0) is 39.6 Å². The Labute approximate surface area is 350 Å². The number of ether oxygens (including phenoxy) is 1. The Morgan fingerprint density at radius 1 is 0.984 bits per heavy atom. The van der Waals surface area contributed by atoms with Crippen LogP contribution in [-0.4, -0.2) is 84.0 Å². The van der Waals surface area contributed by atoms with Gasteiger partial charge in [-0.2, -0.15) is 18.3 Å². The van der Waals surface area contributed by atoms with E-state index in [4.69, 9.17) is 9.84 Å². The third-order valence-electron chi connectivity index (χ3n) is 12.5. The second kappa shape index (κ2) is 16.8. The quantitative estimate of drug-likeness (QED) is 0.135. The average molecular weight is 845 g/mol. The first kappa shape index (κ1) is 42.3. The van der Waals surface area contributed by atoms with Gasteiger partial charge in [-0.1, -0.05) is 18.2 Å². The molecular weight excluding hydrogens is 794 g/mol. The van der Waals surface area contributed by atoms with Crippen LogP contribution in [0.25, 0.3) is 21.9 Å². The Balaban J connectivity index is 0.824. The number of alkyl halides is 3. The summed E-state index contributed by atoms with van der Waals surface area (Å²) in [6.45, 7) is 6.60. The van der Waals surface area contributed by atoms with Gasteiger partial charge in [-0.15, -0.1) is 0 Å².